The summed E-state index contributed by atoms with van der Waals surface area (Å²) >= 11 is 1.40. The first-order valence-corrected chi connectivity index (χ1v) is 14.8. The van der Waals surface area contributed by atoms with Gasteiger partial charge in [-0.3, -0.25) is 10.2 Å². The van der Waals surface area contributed by atoms with Crippen LogP contribution in [0.2, 0.25) is 0 Å². The molecule has 2 aliphatic heterocycles. The number of likely N-dealkylation sites (N-methyl/N-ethyl adjacent to an activating group) is 1. The molecule has 2 atom stereocenters. The number of pyridine rings is 1. The molecule has 3 N–H and O–H groups in total. The van der Waals surface area contributed by atoms with Crippen LogP contribution in [0.15, 0.2) is 54.7 Å². The quantitative estimate of drug-likeness (QED) is 0.206. The molecular formula is C31H35N5O4S. The van der Waals surface area contributed by atoms with Crippen molar-refractivity contribution in [2.24, 2.45) is 0 Å². The maximum atomic E-state index is 13.6. The number of thiophene rings is 1. The van der Waals surface area contributed by atoms with Crippen molar-refractivity contribution in [3.05, 3.63) is 65.2 Å². The molecule has 1 fully saturated rings. The highest BCUT2D eigenvalue weighted by atomic mass is 32.1. The Morgan fingerprint density at radius 2 is 1.95 bits per heavy atom. The Kier molecular flexibility index (Phi) is 7.56. The van der Waals surface area contributed by atoms with Crippen molar-refractivity contribution in [1.82, 2.24) is 15.2 Å². The number of aliphatic hydroxyl groups excluding tert-OH is 1. The fourth-order valence-corrected chi connectivity index (χ4v) is 6.66. The number of urea groups is 1. The summed E-state index contributed by atoms with van der Waals surface area (Å²) in [6.07, 6.45) is 2.91. The third-order valence-electron chi connectivity index (χ3n) is 7.39. The van der Waals surface area contributed by atoms with Crippen LogP contribution >= 0.6 is 11.3 Å². The van der Waals surface area contributed by atoms with E-state index in [2.05, 4.69) is 27.6 Å². The zero-order valence-corrected chi connectivity index (χ0v) is 24.5. The SMILES string of the molecule is Cc1cc(Oc2ccccc2OC(C)C)ccc1N1C(=O)Nc2c(C(O)N[C@@H]3CCCN(C)C3)sc3nccc1c23. The first kappa shape index (κ1) is 27.5. The summed E-state index contributed by atoms with van der Waals surface area (Å²) < 4.78 is 12.1. The minimum absolute atomic E-state index is 0.0204. The molecule has 1 unspecified atom stereocenters. The van der Waals surface area contributed by atoms with E-state index in [1.165, 1.54) is 11.3 Å². The minimum Gasteiger partial charge on any atom is -0.487 e. The zero-order valence-electron chi connectivity index (χ0n) is 23.7. The summed E-state index contributed by atoms with van der Waals surface area (Å²) in [5.41, 5.74) is 2.95. The Morgan fingerprint density at radius 3 is 2.71 bits per heavy atom. The number of aryl methyl sites for hydroxylation is 1. The number of nitrogens with zero attached hydrogens (tertiary/aromatic N) is 3. The zero-order chi connectivity index (χ0) is 28.7. The number of piperidine rings is 1. The van der Waals surface area contributed by atoms with Crippen molar-refractivity contribution in [3.8, 4) is 17.2 Å². The van der Waals surface area contributed by atoms with E-state index < -0.39 is 6.23 Å². The van der Waals surface area contributed by atoms with Crippen molar-refractivity contribution >= 4 is 44.6 Å². The van der Waals surface area contributed by atoms with Gasteiger partial charge in [0.15, 0.2) is 11.5 Å². The molecule has 4 aromatic rings. The lowest BCUT2D eigenvalue weighted by atomic mass is 10.1. The lowest BCUT2D eigenvalue weighted by Crippen LogP contribution is -2.45. The van der Waals surface area contributed by atoms with Gasteiger partial charge in [-0.25, -0.2) is 9.78 Å². The maximum Gasteiger partial charge on any atom is 0.331 e. The van der Waals surface area contributed by atoms with E-state index in [-0.39, 0.29) is 18.2 Å². The van der Waals surface area contributed by atoms with Crippen molar-refractivity contribution < 1.29 is 19.4 Å². The third kappa shape index (κ3) is 5.48. The minimum atomic E-state index is -0.902. The molecule has 0 spiro atoms. The molecule has 6 rings (SSSR count). The molecule has 4 heterocycles. The van der Waals surface area contributed by atoms with Crippen molar-refractivity contribution in [2.75, 3.05) is 30.4 Å². The molecule has 2 amide bonds. The van der Waals surface area contributed by atoms with E-state index in [1.54, 1.807) is 11.1 Å². The number of aliphatic hydroxyl groups is 1. The van der Waals surface area contributed by atoms with Crippen LogP contribution in [0.4, 0.5) is 21.9 Å². The average molecular weight is 574 g/mol. The van der Waals surface area contributed by atoms with Crippen LogP contribution in [-0.2, 0) is 0 Å². The normalized spacial score (nSPS) is 18.0. The lowest BCUT2D eigenvalue weighted by Gasteiger charge is -2.32. The highest BCUT2D eigenvalue weighted by Crippen LogP contribution is 2.48. The Balaban J connectivity index is 1.30. The molecule has 2 aromatic heterocycles. The van der Waals surface area contributed by atoms with Gasteiger partial charge in [0.25, 0.3) is 0 Å². The van der Waals surface area contributed by atoms with E-state index in [9.17, 15) is 9.90 Å². The number of para-hydroxylation sites is 2. The number of hydrogen-bond acceptors (Lipinski definition) is 8. The molecule has 10 heteroatoms. The molecular weight excluding hydrogens is 538 g/mol. The topological polar surface area (TPSA) is 99.2 Å². The Hall–Kier alpha value is -3.70. The van der Waals surface area contributed by atoms with Gasteiger partial charge in [-0.1, -0.05) is 12.1 Å². The predicted octanol–water partition coefficient (Wildman–Crippen LogP) is 6.54. The van der Waals surface area contributed by atoms with Crippen LogP contribution in [0.25, 0.3) is 10.2 Å². The van der Waals surface area contributed by atoms with Crippen LogP contribution in [0.1, 0.15) is 43.4 Å². The fraction of sp³-hybridized carbons (Fsp3) is 0.355. The number of amides is 2. The number of hydrogen-bond donors (Lipinski definition) is 3. The molecule has 0 aliphatic carbocycles. The first-order chi connectivity index (χ1) is 19.8. The van der Waals surface area contributed by atoms with E-state index in [0.29, 0.717) is 27.8 Å². The highest BCUT2D eigenvalue weighted by Gasteiger charge is 2.34. The molecule has 0 bridgehead atoms. The molecule has 0 radical (unpaired) electrons. The van der Waals surface area contributed by atoms with Crippen LogP contribution in [-0.4, -0.2) is 53.3 Å². The number of benzene rings is 2. The third-order valence-corrected chi connectivity index (χ3v) is 8.54. The number of nitrogens with one attached hydrogen (secondary N) is 2. The number of carbonyl (C=O) groups excluding carboxylic acids is 1. The van der Waals surface area contributed by atoms with Crippen molar-refractivity contribution in [1.29, 1.82) is 0 Å². The monoisotopic (exact) mass is 573 g/mol. The second kappa shape index (κ2) is 11.3. The van der Waals surface area contributed by atoms with E-state index >= 15 is 0 Å². The summed E-state index contributed by atoms with van der Waals surface area (Å²) in [5, 5.41) is 18.4. The van der Waals surface area contributed by atoms with E-state index in [0.717, 1.165) is 53.1 Å². The van der Waals surface area contributed by atoms with Gasteiger partial charge in [0.05, 0.1) is 33.4 Å². The number of likely N-dealkylation sites (tertiary alicyclic amines) is 1. The van der Waals surface area contributed by atoms with Gasteiger partial charge in [0.1, 0.15) is 16.8 Å². The summed E-state index contributed by atoms with van der Waals surface area (Å²) in [6, 6.07) is 15.0. The number of anilines is 3. The Morgan fingerprint density at radius 1 is 1.15 bits per heavy atom. The number of ether oxygens (including phenoxy) is 2. The smallest absolute Gasteiger partial charge is 0.331 e. The van der Waals surface area contributed by atoms with Gasteiger partial charge in [0.2, 0.25) is 0 Å². The van der Waals surface area contributed by atoms with Crippen molar-refractivity contribution in [3.63, 3.8) is 0 Å². The lowest BCUT2D eigenvalue weighted by molar-refractivity contribution is 0.103. The largest absolute Gasteiger partial charge is 0.487 e. The van der Waals surface area contributed by atoms with Gasteiger partial charge in [-0.2, -0.15) is 0 Å². The number of carbonyl (C=O) groups is 1. The molecule has 2 aliphatic rings. The van der Waals surface area contributed by atoms with Gasteiger partial charge < -0.3 is 24.8 Å². The van der Waals surface area contributed by atoms with E-state index in [1.807, 2.05) is 69.3 Å². The summed E-state index contributed by atoms with van der Waals surface area (Å²) in [6.45, 7) is 7.84. The second-order valence-corrected chi connectivity index (χ2v) is 12.0. The van der Waals surface area contributed by atoms with Crippen LogP contribution in [0.3, 0.4) is 0 Å². The maximum absolute atomic E-state index is 13.6. The van der Waals surface area contributed by atoms with Crippen LogP contribution in [0, 0.1) is 6.92 Å². The molecule has 1 saturated heterocycles. The number of aromatic nitrogens is 1. The summed E-state index contributed by atoms with van der Waals surface area (Å²) in [4.78, 5) is 23.6. The van der Waals surface area contributed by atoms with Gasteiger partial charge in [0, 0.05) is 18.8 Å². The van der Waals surface area contributed by atoms with Gasteiger partial charge in [-0.05, 0) is 89.2 Å². The fourth-order valence-electron chi connectivity index (χ4n) is 5.59. The van der Waals surface area contributed by atoms with Gasteiger partial charge >= 0.3 is 6.03 Å². The molecule has 2 aromatic carbocycles. The molecule has 41 heavy (non-hydrogen) atoms. The molecule has 0 saturated carbocycles. The summed E-state index contributed by atoms with van der Waals surface area (Å²) in [5.74, 6) is 1.94. The predicted molar refractivity (Wildman–Crippen MR) is 163 cm³/mol. The molecule has 9 nitrogen and oxygen atoms in total. The van der Waals surface area contributed by atoms with Crippen molar-refractivity contribution in [2.45, 2.75) is 52.0 Å². The van der Waals surface area contributed by atoms with Crippen LogP contribution in [0.5, 0.6) is 17.2 Å². The Bertz CT molecular complexity index is 1590. The van der Waals surface area contributed by atoms with Crippen LogP contribution < -0.4 is 25.0 Å². The van der Waals surface area contributed by atoms with E-state index in [4.69, 9.17) is 9.47 Å². The molecule has 214 valence electrons. The highest BCUT2D eigenvalue weighted by molar-refractivity contribution is 7.19. The standard InChI is InChI=1S/C31H35N5O4S/c1-18(2)39-24-9-5-6-10-25(24)40-21-11-12-22(19(3)16-21)36-23-13-14-32-30-26(23)27(34-31(36)38)28(41-30)29(37)33-20-8-7-15-35(4)17-20/h5-6,9-14,16,18,20,29,33,37H,7-8,15,17H2,1-4H3,(H,34,38)/t20-,29?/m1/s1. The Labute approximate surface area is 243 Å². The first-order valence-electron chi connectivity index (χ1n) is 14.0. The average Bonchev–Trinajstić information content (AvgIpc) is 3.30. The number of rotatable bonds is 8. The van der Waals surface area contributed by atoms with Gasteiger partial charge in [-0.15, -0.1) is 11.3 Å². The second-order valence-electron chi connectivity index (χ2n) is 11.0. The summed E-state index contributed by atoms with van der Waals surface area (Å²) in [7, 11) is 2.09.